The third-order valence-electron chi connectivity index (χ3n) is 3.10. The molecule has 0 heterocycles. The molecule has 88 valence electrons. The summed E-state index contributed by atoms with van der Waals surface area (Å²) >= 11 is 0. The van der Waals surface area contributed by atoms with E-state index in [9.17, 15) is 10.2 Å². The first-order valence-electron chi connectivity index (χ1n) is 5.60. The van der Waals surface area contributed by atoms with E-state index in [-0.39, 0.29) is 5.75 Å². The molecule has 2 rings (SSSR count). The molecule has 0 aliphatic heterocycles. The van der Waals surface area contributed by atoms with Gasteiger partial charge in [0.2, 0.25) is 0 Å². The number of aliphatic hydroxyl groups is 1. The Morgan fingerprint density at radius 1 is 0.941 bits per heavy atom. The van der Waals surface area contributed by atoms with E-state index < -0.39 is 5.60 Å². The Balaban J connectivity index is 2.49. The molecule has 2 aromatic carbocycles. The molecule has 2 N–H and O–H groups in total. The summed E-state index contributed by atoms with van der Waals surface area (Å²) in [4.78, 5) is 0. The van der Waals surface area contributed by atoms with Gasteiger partial charge in [-0.2, -0.15) is 0 Å². The Labute approximate surface area is 101 Å². The average molecular weight is 228 g/mol. The fourth-order valence-electron chi connectivity index (χ4n) is 2.06. The fraction of sp³-hybridized carbons (Fsp3) is 0.200. The number of benzene rings is 2. The molecular weight excluding hydrogens is 212 g/mol. The van der Waals surface area contributed by atoms with Crippen molar-refractivity contribution in [3.63, 3.8) is 0 Å². The predicted octanol–water partition coefficient (Wildman–Crippen LogP) is 2.96. The van der Waals surface area contributed by atoms with Crippen LogP contribution in [0.3, 0.4) is 0 Å². The van der Waals surface area contributed by atoms with Crippen LogP contribution in [0.4, 0.5) is 0 Å². The van der Waals surface area contributed by atoms with E-state index in [0.717, 1.165) is 16.7 Å². The van der Waals surface area contributed by atoms with E-state index in [0.29, 0.717) is 0 Å². The molecule has 0 aliphatic rings. The molecule has 0 saturated heterocycles. The van der Waals surface area contributed by atoms with Gasteiger partial charge in [-0.3, -0.25) is 0 Å². The monoisotopic (exact) mass is 228 g/mol. The van der Waals surface area contributed by atoms with Crippen LogP contribution in [0.15, 0.2) is 48.5 Å². The number of aryl methyl sites for hydroxylation is 1. The van der Waals surface area contributed by atoms with Crippen LogP contribution in [0.2, 0.25) is 0 Å². The van der Waals surface area contributed by atoms with Crippen LogP contribution < -0.4 is 0 Å². The normalized spacial score (nSPS) is 14.3. The molecule has 2 aromatic rings. The maximum absolute atomic E-state index is 10.6. The van der Waals surface area contributed by atoms with Crippen molar-refractivity contribution in [2.75, 3.05) is 0 Å². The zero-order valence-electron chi connectivity index (χ0n) is 10.0. The zero-order valence-corrected chi connectivity index (χ0v) is 10.0. The van der Waals surface area contributed by atoms with E-state index in [2.05, 4.69) is 0 Å². The molecule has 1 atom stereocenters. The van der Waals surface area contributed by atoms with Gasteiger partial charge in [0.25, 0.3) is 0 Å². The SMILES string of the molecule is Cc1ccccc1C(C)(O)c1ccc(O)cc1. The minimum absolute atomic E-state index is 0.203. The molecular formula is C15H16O2. The van der Waals surface area contributed by atoms with Crippen molar-refractivity contribution in [1.29, 1.82) is 0 Å². The lowest BCUT2D eigenvalue weighted by molar-refractivity contribution is 0.101. The first-order chi connectivity index (χ1) is 8.01. The second-order valence-electron chi connectivity index (χ2n) is 4.43. The minimum Gasteiger partial charge on any atom is -0.508 e. The molecule has 0 saturated carbocycles. The lowest BCUT2D eigenvalue weighted by Crippen LogP contribution is -2.23. The average Bonchev–Trinajstić information content (AvgIpc) is 2.30. The van der Waals surface area contributed by atoms with E-state index in [1.807, 2.05) is 31.2 Å². The Bertz CT molecular complexity index is 513. The lowest BCUT2D eigenvalue weighted by Gasteiger charge is -2.26. The third kappa shape index (κ3) is 2.17. The van der Waals surface area contributed by atoms with Gasteiger partial charge in [0.1, 0.15) is 11.4 Å². The second-order valence-corrected chi connectivity index (χ2v) is 4.43. The first-order valence-corrected chi connectivity index (χ1v) is 5.60. The molecule has 17 heavy (non-hydrogen) atoms. The van der Waals surface area contributed by atoms with Gasteiger partial charge >= 0.3 is 0 Å². The summed E-state index contributed by atoms with van der Waals surface area (Å²) < 4.78 is 0. The van der Waals surface area contributed by atoms with E-state index in [1.54, 1.807) is 31.2 Å². The van der Waals surface area contributed by atoms with Gasteiger partial charge in [0.05, 0.1) is 0 Å². The summed E-state index contributed by atoms with van der Waals surface area (Å²) in [6.45, 7) is 3.74. The van der Waals surface area contributed by atoms with Gasteiger partial charge < -0.3 is 10.2 Å². The molecule has 2 heteroatoms. The van der Waals surface area contributed by atoms with Crippen molar-refractivity contribution in [3.05, 3.63) is 65.2 Å². The minimum atomic E-state index is -1.04. The smallest absolute Gasteiger partial charge is 0.115 e. The molecule has 0 amide bonds. The third-order valence-corrected chi connectivity index (χ3v) is 3.10. The topological polar surface area (TPSA) is 40.5 Å². The Hall–Kier alpha value is -1.80. The Morgan fingerprint density at radius 2 is 1.53 bits per heavy atom. The standard InChI is InChI=1S/C15H16O2/c1-11-5-3-4-6-14(11)15(2,17)12-7-9-13(16)10-8-12/h3-10,16-17H,1-2H3. The van der Waals surface area contributed by atoms with Crippen molar-refractivity contribution in [2.45, 2.75) is 19.4 Å². The fourth-order valence-corrected chi connectivity index (χ4v) is 2.06. The van der Waals surface area contributed by atoms with Gasteiger partial charge in [-0.15, -0.1) is 0 Å². The highest BCUT2D eigenvalue weighted by Gasteiger charge is 2.26. The number of phenols is 1. The van der Waals surface area contributed by atoms with Crippen LogP contribution in [-0.2, 0) is 5.60 Å². The predicted molar refractivity (Wildman–Crippen MR) is 68.0 cm³/mol. The number of phenolic OH excluding ortho intramolecular Hbond substituents is 1. The molecule has 1 unspecified atom stereocenters. The van der Waals surface area contributed by atoms with Gasteiger partial charge in [-0.1, -0.05) is 36.4 Å². The summed E-state index contributed by atoms with van der Waals surface area (Å²) in [7, 11) is 0. The second kappa shape index (κ2) is 4.22. The Kier molecular flexibility index (Phi) is 2.90. The van der Waals surface area contributed by atoms with Crippen molar-refractivity contribution < 1.29 is 10.2 Å². The zero-order chi connectivity index (χ0) is 12.5. The molecule has 0 spiro atoms. The van der Waals surface area contributed by atoms with Crippen molar-refractivity contribution in [3.8, 4) is 5.75 Å². The molecule has 0 radical (unpaired) electrons. The van der Waals surface area contributed by atoms with Crippen LogP contribution in [-0.4, -0.2) is 10.2 Å². The van der Waals surface area contributed by atoms with Crippen LogP contribution in [0.25, 0.3) is 0 Å². The highest BCUT2D eigenvalue weighted by molar-refractivity contribution is 5.41. The number of hydrogen-bond acceptors (Lipinski definition) is 2. The van der Waals surface area contributed by atoms with Gasteiger partial charge in [-0.05, 0) is 42.7 Å². The molecule has 0 aliphatic carbocycles. The summed E-state index contributed by atoms with van der Waals surface area (Å²) in [6, 6.07) is 14.4. The summed E-state index contributed by atoms with van der Waals surface area (Å²) in [6.07, 6.45) is 0. The molecule has 0 bridgehead atoms. The van der Waals surface area contributed by atoms with Crippen LogP contribution >= 0.6 is 0 Å². The van der Waals surface area contributed by atoms with Crippen LogP contribution in [0, 0.1) is 6.92 Å². The molecule has 0 fully saturated rings. The summed E-state index contributed by atoms with van der Waals surface area (Å²) in [5.41, 5.74) is 1.65. The molecule has 0 aromatic heterocycles. The summed E-state index contributed by atoms with van der Waals surface area (Å²) in [5, 5.41) is 19.9. The van der Waals surface area contributed by atoms with Crippen molar-refractivity contribution in [2.24, 2.45) is 0 Å². The highest BCUT2D eigenvalue weighted by Crippen LogP contribution is 2.31. The Morgan fingerprint density at radius 3 is 2.12 bits per heavy atom. The maximum Gasteiger partial charge on any atom is 0.115 e. The largest absolute Gasteiger partial charge is 0.508 e. The highest BCUT2D eigenvalue weighted by atomic mass is 16.3. The van der Waals surface area contributed by atoms with Crippen LogP contribution in [0.1, 0.15) is 23.6 Å². The van der Waals surface area contributed by atoms with E-state index in [1.165, 1.54) is 0 Å². The number of rotatable bonds is 2. The lowest BCUT2D eigenvalue weighted by atomic mass is 9.86. The van der Waals surface area contributed by atoms with Gasteiger partial charge in [0.15, 0.2) is 0 Å². The first kappa shape index (κ1) is 11.7. The van der Waals surface area contributed by atoms with Crippen molar-refractivity contribution in [1.82, 2.24) is 0 Å². The number of aromatic hydroxyl groups is 1. The number of hydrogen-bond donors (Lipinski definition) is 2. The van der Waals surface area contributed by atoms with Crippen molar-refractivity contribution >= 4 is 0 Å². The van der Waals surface area contributed by atoms with Gasteiger partial charge in [0, 0.05) is 0 Å². The van der Waals surface area contributed by atoms with Gasteiger partial charge in [-0.25, -0.2) is 0 Å². The maximum atomic E-state index is 10.6. The van der Waals surface area contributed by atoms with Crippen LogP contribution in [0.5, 0.6) is 5.75 Å². The summed E-state index contributed by atoms with van der Waals surface area (Å²) in [5.74, 6) is 0.203. The van der Waals surface area contributed by atoms with E-state index >= 15 is 0 Å². The molecule has 2 nitrogen and oxygen atoms in total. The quantitative estimate of drug-likeness (QED) is 0.829. The van der Waals surface area contributed by atoms with E-state index in [4.69, 9.17) is 0 Å².